The Hall–Kier alpha value is -3.05. The zero-order valence-electron chi connectivity index (χ0n) is 18.6. The molecule has 11 heteroatoms. The van der Waals surface area contributed by atoms with E-state index in [0.717, 1.165) is 39.9 Å². The van der Waals surface area contributed by atoms with Gasteiger partial charge in [0, 0.05) is 27.0 Å². The van der Waals surface area contributed by atoms with Gasteiger partial charge in [0.05, 0.1) is 7.11 Å². The molecule has 34 heavy (non-hydrogen) atoms. The van der Waals surface area contributed by atoms with E-state index in [9.17, 15) is 4.79 Å². The predicted octanol–water partition coefficient (Wildman–Crippen LogP) is 5.17. The van der Waals surface area contributed by atoms with E-state index in [4.69, 9.17) is 19.3 Å². The molecule has 4 rings (SSSR count). The highest BCUT2D eigenvalue weighted by molar-refractivity contribution is 9.10. The Labute approximate surface area is 209 Å². The molecule has 1 atom stereocenters. The van der Waals surface area contributed by atoms with Gasteiger partial charge in [0.25, 0.3) is 0 Å². The van der Waals surface area contributed by atoms with Gasteiger partial charge in [-0.2, -0.15) is 4.98 Å². The lowest BCUT2D eigenvalue weighted by Gasteiger charge is -2.20. The van der Waals surface area contributed by atoms with Crippen LogP contribution >= 0.6 is 27.7 Å². The number of nitrogens with zero attached hydrogens (tertiary/aromatic N) is 3. The highest BCUT2D eigenvalue weighted by Gasteiger charge is 2.27. The van der Waals surface area contributed by atoms with Crippen LogP contribution in [0.1, 0.15) is 31.6 Å². The molecule has 0 aliphatic carbocycles. The van der Waals surface area contributed by atoms with Gasteiger partial charge >= 0.3 is 5.97 Å². The molecule has 1 aliphatic rings. The third-order valence-corrected chi connectivity index (χ3v) is 6.38. The normalized spacial score (nSPS) is 14.1. The maximum absolute atomic E-state index is 10.9. The van der Waals surface area contributed by atoms with Crippen LogP contribution in [0.25, 0.3) is 11.3 Å². The molecular weight excluding hydrogens is 524 g/mol. The molecule has 0 bridgehead atoms. The van der Waals surface area contributed by atoms with E-state index in [1.807, 2.05) is 18.2 Å². The summed E-state index contributed by atoms with van der Waals surface area (Å²) >= 11 is 5.07. The SMILES string of the molecule is CCCCSc1nnc2c(n1)O[C@@H](c1ccc(OCC(=O)O)c(OC)c1)Nc1ccc(Br)cc1-2. The smallest absolute Gasteiger partial charge is 0.341 e. The number of carboxylic acid groups (broad SMARTS) is 1. The minimum Gasteiger partial charge on any atom is -0.493 e. The molecule has 0 spiro atoms. The number of halogens is 1. The summed E-state index contributed by atoms with van der Waals surface area (Å²) in [5.41, 5.74) is 2.89. The molecule has 178 valence electrons. The minimum atomic E-state index is -1.07. The molecule has 3 aromatic rings. The molecule has 0 unspecified atom stereocenters. The van der Waals surface area contributed by atoms with E-state index in [0.29, 0.717) is 28.2 Å². The third kappa shape index (κ3) is 5.53. The van der Waals surface area contributed by atoms with E-state index in [1.54, 1.807) is 30.0 Å². The number of thioether (sulfide) groups is 1. The van der Waals surface area contributed by atoms with Crippen molar-refractivity contribution in [3.8, 4) is 28.6 Å². The third-order valence-electron chi connectivity index (χ3n) is 4.96. The number of carbonyl (C=O) groups is 1. The molecule has 1 aromatic heterocycles. The zero-order valence-corrected chi connectivity index (χ0v) is 21.0. The second-order valence-electron chi connectivity index (χ2n) is 7.37. The summed E-state index contributed by atoms with van der Waals surface area (Å²) in [7, 11) is 1.49. The van der Waals surface area contributed by atoms with E-state index in [-0.39, 0.29) is 0 Å². The molecule has 2 N–H and O–H groups in total. The number of nitrogens with one attached hydrogen (secondary N) is 1. The molecule has 9 nitrogen and oxygen atoms in total. The van der Waals surface area contributed by atoms with Gasteiger partial charge in [0.2, 0.25) is 11.0 Å². The Balaban J connectivity index is 1.71. The van der Waals surface area contributed by atoms with Crippen LogP contribution in [-0.2, 0) is 4.79 Å². The van der Waals surface area contributed by atoms with Crippen molar-refractivity contribution in [2.45, 2.75) is 31.1 Å². The second kappa shape index (κ2) is 10.9. The Kier molecular flexibility index (Phi) is 7.73. The number of ether oxygens (including phenoxy) is 3. The van der Waals surface area contributed by atoms with Gasteiger partial charge in [-0.3, -0.25) is 0 Å². The molecule has 2 aromatic carbocycles. The molecule has 0 saturated carbocycles. The lowest BCUT2D eigenvalue weighted by atomic mass is 10.1. The highest BCUT2D eigenvalue weighted by atomic mass is 79.9. The number of fused-ring (bicyclic) bond motifs is 3. The second-order valence-corrected chi connectivity index (χ2v) is 9.35. The summed E-state index contributed by atoms with van der Waals surface area (Å²) in [5, 5.41) is 21.6. The first kappa shape index (κ1) is 24.1. The highest BCUT2D eigenvalue weighted by Crippen LogP contribution is 2.42. The quantitative estimate of drug-likeness (QED) is 0.275. The molecule has 2 heterocycles. The minimum absolute atomic E-state index is 0.325. The average Bonchev–Trinajstić information content (AvgIpc) is 2.99. The fourth-order valence-corrected chi connectivity index (χ4v) is 4.52. The van der Waals surface area contributed by atoms with Crippen LogP contribution in [0.5, 0.6) is 17.4 Å². The number of aliphatic carboxylic acids is 1. The Morgan fingerprint density at radius 3 is 2.85 bits per heavy atom. The van der Waals surface area contributed by atoms with Gasteiger partial charge in [-0.1, -0.05) is 41.0 Å². The molecule has 0 fully saturated rings. The van der Waals surface area contributed by atoms with Gasteiger partial charge in [-0.25, -0.2) is 4.79 Å². The van der Waals surface area contributed by atoms with Crippen LogP contribution < -0.4 is 19.5 Å². The monoisotopic (exact) mass is 546 g/mol. The van der Waals surface area contributed by atoms with Crippen LogP contribution in [-0.4, -0.2) is 45.7 Å². The van der Waals surface area contributed by atoms with E-state index in [1.165, 1.54) is 7.11 Å². The first-order valence-electron chi connectivity index (χ1n) is 10.6. The van der Waals surface area contributed by atoms with E-state index in [2.05, 4.69) is 43.4 Å². The first-order chi connectivity index (χ1) is 16.5. The van der Waals surface area contributed by atoms with Crippen molar-refractivity contribution in [3.63, 3.8) is 0 Å². The Bertz CT molecular complexity index is 1200. The van der Waals surface area contributed by atoms with Gasteiger partial charge in [-0.05, 0) is 42.8 Å². The van der Waals surface area contributed by atoms with Gasteiger partial charge in [-0.15, -0.1) is 10.2 Å². The number of aromatic nitrogens is 3. The van der Waals surface area contributed by atoms with Crippen molar-refractivity contribution in [2.24, 2.45) is 0 Å². The Morgan fingerprint density at radius 1 is 1.24 bits per heavy atom. The van der Waals surface area contributed by atoms with Crippen LogP contribution in [0.4, 0.5) is 5.69 Å². The number of carboxylic acids is 1. The number of methoxy groups -OCH3 is 1. The number of anilines is 1. The zero-order chi connectivity index (χ0) is 24.1. The van der Waals surface area contributed by atoms with Crippen LogP contribution in [0.2, 0.25) is 0 Å². The number of hydrogen-bond donors (Lipinski definition) is 2. The molecule has 0 radical (unpaired) electrons. The van der Waals surface area contributed by atoms with Gasteiger partial charge in [0.15, 0.2) is 30.0 Å². The first-order valence-corrected chi connectivity index (χ1v) is 12.4. The van der Waals surface area contributed by atoms with Crippen molar-refractivity contribution in [1.29, 1.82) is 0 Å². The van der Waals surface area contributed by atoms with Crippen molar-refractivity contribution in [3.05, 3.63) is 46.4 Å². The lowest BCUT2D eigenvalue weighted by Crippen LogP contribution is -2.17. The maximum Gasteiger partial charge on any atom is 0.341 e. The van der Waals surface area contributed by atoms with Gasteiger partial charge < -0.3 is 24.6 Å². The summed E-state index contributed by atoms with van der Waals surface area (Å²) in [6.07, 6.45) is 1.53. The fraction of sp³-hybridized carbons (Fsp3) is 0.304. The summed E-state index contributed by atoms with van der Waals surface area (Å²) in [6.45, 7) is 1.67. The van der Waals surface area contributed by atoms with Gasteiger partial charge in [0.1, 0.15) is 0 Å². The van der Waals surface area contributed by atoms with Crippen molar-refractivity contribution in [2.75, 3.05) is 24.8 Å². The summed E-state index contributed by atoms with van der Waals surface area (Å²) in [5.74, 6) is 0.912. The van der Waals surface area contributed by atoms with Crippen LogP contribution in [0, 0.1) is 0 Å². The number of rotatable bonds is 9. The number of unbranched alkanes of at least 4 members (excludes halogenated alkanes) is 1. The van der Waals surface area contributed by atoms with Crippen molar-refractivity contribution >= 4 is 39.3 Å². The van der Waals surface area contributed by atoms with E-state index < -0.39 is 18.8 Å². The molecule has 0 saturated heterocycles. The van der Waals surface area contributed by atoms with E-state index >= 15 is 0 Å². The topological polar surface area (TPSA) is 116 Å². The summed E-state index contributed by atoms with van der Waals surface area (Å²) in [6, 6.07) is 11.0. The molecule has 0 amide bonds. The standard InChI is InChI=1S/C23H23BrN4O5S/c1-3-4-9-34-23-26-22-20(27-28-23)15-11-14(24)6-7-16(15)25-21(33-22)13-5-8-17(18(10-13)31-2)32-12-19(29)30/h5-8,10-11,21,25H,3-4,9,12H2,1-2H3,(H,29,30)/t21-/m0/s1. The lowest BCUT2D eigenvalue weighted by molar-refractivity contribution is -0.139. The number of hydrogen-bond acceptors (Lipinski definition) is 9. The summed E-state index contributed by atoms with van der Waals surface area (Å²) < 4.78 is 17.9. The van der Waals surface area contributed by atoms with Crippen molar-refractivity contribution < 1.29 is 24.1 Å². The van der Waals surface area contributed by atoms with Crippen molar-refractivity contribution in [1.82, 2.24) is 15.2 Å². The molecular formula is C23H23BrN4O5S. The largest absolute Gasteiger partial charge is 0.493 e. The molecule has 1 aliphatic heterocycles. The average molecular weight is 547 g/mol. The maximum atomic E-state index is 10.9. The Morgan fingerprint density at radius 2 is 2.09 bits per heavy atom. The fourth-order valence-electron chi connectivity index (χ4n) is 3.30. The van der Waals surface area contributed by atoms with Crippen LogP contribution in [0.3, 0.4) is 0 Å². The number of benzene rings is 2. The van der Waals surface area contributed by atoms with Crippen LogP contribution in [0.15, 0.2) is 46.0 Å². The predicted molar refractivity (Wildman–Crippen MR) is 132 cm³/mol. The summed E-state index contributed by atoms with van der Waals surface area (Å²) in [4.78, 5) is 15.5.